The van der Waals surface area contributed by atoms with Crippen molar-refractivity contribution in [2.24, 2.45) is 0 Å². The van der Waals surface area contributed by atoms with Gasteiger partial charge in [0.05, 0.1) is 47.6 Å². The van der Waals surface area contributed by atoms with Gasteiger partial charge in [-0.05, 0) is 80.5 Å². The lowest BCUT2D eigenvalue weighted by Crippen LogP contribution is -2.50. The number of amides is 2. The number of alkyl carbamates (subject to hydrolysis) is 1. The van der Waals surface area contributed by atoms with Crippen molar-refractivity contribution in [3.05, 3.63) is 52.1 Å². The number of thioether (sulfide) groups is 2. The molecule has 252 valence electrons. The van der Waals surface area contributed by atoms with Crippen LogP contribution in [0.3, 0.4) is 0 Å². The molecule has 2 aliphatic heterocycles. The Morgan fingerprint density at radius 2 is 1.30 bits per heavy atom. The summed E-state index contributed by atoms with van der Waals surface area (Å²) in [5.74, 6) is -0.388. The topological polar surface area (TPSA) is 128 Å². The third-order valence-electron chi connectivity index (χ3n) is 9.53. The van der Waals surface area contributed by atoms with Gasteiger partial charge >= 0.3 is 18.0 Å². The van der Waals surface area contributed by atoms with Crippen molar-refractivity contribution in [3.8, 4) is 0 Å². The van der Waals surface area contributed by atoms with Crippen LogP contribution >= 0.6 is 23.5 Å². The molecule has 0 saturated heterocycles. The minimum absolute atomic E-state index is 0.0452. The number of nitrogens with zero attached hydrogens (tertiary/aromatic N) is 1. The average Bonchev–Trinajstić information content (AvgIpc) is 3.74. The van der Waals surface area contributed by atoms with Gasteiger partial charge in [0.15, 0.2) is 5.78 Å². The van der Waals surface area contributed by atoms with E-state index in [1.54, 1.807) is 34.5 Å². The molecule has 2 aliphatic carbocycles. The SMILES string of the molecule is COC(=O)NCCN1C(=O)C2(CCCC2)Sc2cc(C)c(C(=O)OC)cc21.COC(=O)c1cc2c(cc1C)SC1(CCCC1)C(=O)C2. The molecule has 4 aliphatic rings. The number of benzene rings is 2. The van der Waals surface area contributed by atoms with Crippen LogP contribution in [0.25, 0.3) is 0 Å². The summed E-state index contributed by atoms with van der Waals surface area (Å²) in [5.41, 5.74) is 4.43. The molecule has 2 heterocycles. The number of anilines is 1. The molecular formula is C35H42N2O8S2. The first kappa shape index (κ1) is 34.8. The van der Waals surface area contributed by atoms with Crippen molar-refractivity contribution in [1.82, 2.24) is 5.32 Å². The lowest BCUT2D eigenvalue weighted by Gasteiger charge is -2.40. The number of fused-ring (bicyclic) bond motifs is 2. The second kappa shape index (κ2) is 14.3. The van der Waals surface area contributed by atoms with Gasteiger partial charge in [-0.15, -0.1) is 23.5 Å². The van der Waals surface area contributed by atoms with Crippen LogP contribution < -0.4 is 10.2 Å². The number of rotatable bonds is 5. The summed E-state index contributed by atoms with van der Waals surface area (Å²) in [6, 6.07) is 7.56. The Hall–Kier alpha value is -3.51. The van der Waals surface area contributed by atoms with E-state index in [-0.39, 0.29) is 23.2 Å². The van der Waals surface area contributed by atoms with Crippen molar-refractivity contribution in [2.45, 2.75) is 90.9 Å². The highest BCUT2D eigenvalue weighted by Crippen LogP contribution is 2.54. The lowest BCUT2D eigenvalue weighted by molar-refractivity contribution is -0.121. The fourth-order valence-electron chi connectivity index (χ4n) is 6.95. The van der Waals surface area contributed by atoms with Crippen LogP contribution in [0.15, 0.2) is 34.1 Å². The Balaban J connectivity index is 0.000000193. The number of aryl methyl sites for hydroxylation is 2. The number of ether oxygens (including phenoxy) is 3. The third kappa shape index (κ3) is 6.90. The number of hydrogen-bond donors (Lipinski definition) is 1. The Labute approximate surface area is 284 Å². The molecule has 0 aromatic heterocycles. The van der Waals surface area contributed by atoms with E-state index in [0.717, 1.165) is 77.8 Å². The van der Waals surface area contributed by atoms with E-state index in [2.05, 4.69) is 10.1 Å². The highest BCUT2D eigenvalue weighted by molar-refractivity contribution is 8.02. The molecule has 6 rings (SSSR count). The average molecular weight is 683 g/mol. The van der Waals surface area contributed by atoms with Gasteiger partial charge < -0.3 is 24.4 Å². The van der Waals surface area contributed by atoms with Crippen molar-refractivity contribution < 1.29 is 38.2 Å². The molecule has 2 amide bonds. The summed E-state index contributed by atoms with van der Waals surface area (Å²) < 4.78 is 13.6. The Morgan fingerprint density at radius 1 is 0.766 bits per heavy atom. The highest BCUT2D eigenvalue weighted by atomic mass is 32.2. The number of carbonyl (C=O) groups excluding carboxylic acids is 5. The van der Waals surface area contributed by atoms with Crippen LogP contribution in [0.1, 0.15) is 88.8 Å². The van der Waals surface area contributed by atoms with Gasteiger partial charge in [-0.25, -0.2) is 14.4 Å². The number of Topliss-reactive ketones (excluding diaryl/α,β-unsaturated/α-hetero) is 1. The number of hydrogen-bond acceptors (Lipinski definition) is 10. The summed E-state index contributed by atoms with van der Waals surface area (Å²) in [4.78, 5) is 64.8. The molecule has 2 spiro atoms. The zero-order chi connectivity index (χ0) is 33.9. The molecule has 0 radical (unpaired) electrons. The van der Waals surface area contributed by atoms with E-state index < -0.39 is 16.8 Å². The molecule has 0 unspecified atom stereocenters. The molecule has 47 heavy (non-hydrogen) atoms. The number of esters is 2. The van der Waals surface area contributed by atoms with Crippen molar-refractivity contribution in [3.63, 3.8) is 0 Å². The summed E-state index contributed by atoms with van der Waals surface area (Å²) in [5, 5.41) is 2.62. The maximum atomic E-state index is 13.3. The van der Waals surface area contributed by atoms with Crippen LogP contribution in [0.2, 0.25) is 0 Å². The number of nitrogens with one attached hydrogen (secondary N) is 1. The molecule has 2 fully saturated rings. The molecule has 12 heteroatoms. The first-order valence-electron chi connectivity index (χ1n) is 16.0. The number of carbonyl (C=O) groups is 5. The first-order valence-corrected chi connectivity index (χ1v) is 17.6. The smallest absolute Gasteiger partial charge is 0.406 e. The Morgan fingerprint density at radius 3 is 1.87 bits per heavy atom. The largest absolute Gasteiger partial charge is 0.465 e. The van der Waals surface area contributed by atoms with Gasteiger partial charge in [-0.2, -0.15) is 0 Å². The van der Waals surface area contributed by atoms with E-state index >= 15 is 0 Å². The minimum atomic E-state index is -0.538. The van der Waals surface area contributed by atoms with E-state index in [4.69, 9.17) is 9.47 Å². The summed E-state index contributed by atoms with van der Waals surface area (Å²) in [6.07, 6.45) is 7.94. The second-order valence-corrected chi connectivity index (χ2v) is 15.3. The predicted molar refractivity (Wildman–Crippen MR) is 181 cm³/mol. The number of methoxy groups -OCH3 is 3. The summed E-state index contributed by atoms with van der Waals surface area (Å²) in [7, 11) is 4.02. The highest BCUT2D eigenvalue weighted by Gasteiger charge is 2.49. The van der Waals surface area contributed by atoms with E-state index in [0.29, 0.717) is 35.6 Å². The fourth-order valence-corrected chi connectivity index (χ4v) is 10.2. The fraction of sp³-hybridized carbons (Fsp3) is 0.514. The monoisotopic (exact) mass is 682 g/mol. The predicted octanol–water partition coefficient (Wildman–Crippen LogP) is 6.20. The standard InChI is InChI=1S/C19H24N2O5S.C16H18O3S/c1-12-10-15-14(11-13(12)16(22)25-2)21(9-8-20-18(24)26-3)17(23)19(27-15)6-4-5-7-19;1-10-7-13-11(8-12(10)15(18)19-2)9-14(17)16(20-13)5-3-4-6-16/h10-11H,4-9H2,1-3H3,(H,20,24);7-8H,3-6,9H2,1-2H3. The van der Waals surface area contributed by atoms with E-state index in [9.17, 15) is 24.0 Å². The van der Waals surface area contributed by atoms with Crippen molar-refractivity contribution in [2.75, 3.05) is 39.3 Å². The minimum Gasteiger partial charge on any atom is -0.465 e. The Bertz CT molecular complexity index is 1590. The van der Waals surface area contributed by atoms with E-state index in [1.165, 1.54) is 21.3 Å². The van der Waals surface area contributed by atoms with Gasteiger partial charge in [-0.3, -0.25) is 9.59 Å². The van der Waals surface area contributed by atoms with Gasteiger partial charge in [0, 0.05) is 29.3 Å². The summed E-state index contributed by atoms with van der Waals surface area (Å²) in [6.45, 7) is 4.37. The maximum absolute atomic E-state index is 13.3. The molecule has 2 aromatic rings. The molecule has 10 nitrogen and oxygen atoms in total. The van der Waals surface area contributed by atoms with Crippen molar-refractivity contribution in [1.29, 1.82) is 0 Å². The van der Waals surface area contributed by atoms with Crippen LogP contribution in [-0.4, -0.2) is 73.6 Å². The normalized spacial score (nSPS) is 18.6. The molecule has 0 bridgehead atoms. The quantitative estimate of drug-likeness (QED) is 0.288. The second-order valence-electron chi connectivity index (χ2n) is 12.5. The van der Waals surface area contributed by atoms with Gasteiger partial charge in [-0.1, -0.05) is 25.7 Å². The lowest BCUT2D eigenvalue weighted by atomic mass is 9.93. The zero-order valence-electron chi connectivity index (χ0n) is 27.6. The van der Waals surface area contributed by atoms with Crippen molar-refractivity contribution >= 4 is 58.9 Å². The molecule has 2 aromatic carbocycles. The van der Waals surface area contributed by atoms with Gasteiger partial charge in [0.25, 0.3) is 0 Å². The molecular weight excluding hydrogens is 641 g/mol. The van der Waals surface area contributed by atoms with Crippen LogP contribution in [0.5, 0.6) is 0 Å². The summed E-state index contributed by atoms with van der Waals surface area (Å²) >= 11 is 3.33. The van der Waals surface area contributed by atoms with E-state index in [1.807, 2.05) is 32.0 Å². The Kier molecular flexibility index (Phi) is 10.6. The maximum Gasteiger partial charge on any atom is 0.406 e. The number of ketones is 1. The third-order valence-corrected chi connectivity index (χ3v) is 12.7. The van der Waals surface area contributed by atoms with Crippen LogP contribution in [0, 0.1) is 13.8 Å². The molecule has 0 atom stereocenters. The van der Waals surface area contributed by atoms with Crippen LogP contribution in [0.4, 0.5) is 10.5 Å². The van der Waals surface area contributed by atoms with Crippen LogP contribution in [-0.2, 0) is 30.2 Å². The zero-order valence-corrected chi connectivity index (χ0v) is 29.3. The molecule has 1 N–H and O–H groups in total. The van der Waals surface area contributed by atoms with Gasteiger partial charge in [0.1, 0.15) is 0 Å². The molecule has 2 saturated carbocycles. The first-order chi connectivity index (χ1) is 22.5. The van der Waals surface area contributed by atoms with Gasteiger partial charge in [0.2, 0.25) is 5.91 Å².